The van der Waals surface area contributed by atoms with Crippen molar-refractivity contribution in [1.82, 2.24) is 9.80 Å². The van der Waals surface area contributed by atoms with E-state index in [2.05, 4.69) is 5.32 Å². The Bertz CT molecular complexity index is 1060. The lowest BCUT2D eigenvalue weighted by atomic mass is 10.1. The van der Waals surface area contributed by atoms with Crippen LogP contribution in [0.2, 0.25) is 0 Å². The van der Waals surface area contributed by atoms with E-state index in [9.17, 15) is 18.0 Å². The molecule has 10 nitrogen and oxygen atoms in total. The molecular formula is C23H34N4O6S. The van der Waals surface area contributed by atoms with Gasteiger partial charge in [0.1, 0.15) is 5.60 Å². The maximum Gasteiger partial charge on any atom is 0.410 e. The molecule has 188 valence electrons. The van der Waals surface area contributed by atoms with E-state index >= 15 is 0 Å². The third kappa shape index (κ3) is 8.14. The van der Waals surface area contributed by atoms with Crippen LogP contribution < -0.4 is 5.32 Å². The molecule has 1 fully saturated rings. The number of allylic oxidation sites excluding steroid dienone is 1. The number of rotatable bonds is 7. The van der Waals surface area contributed by atoms with Gasteiger partial charge in [-0.15, -0.1) is 0 Å². The van der Waals surface area contributed by atoms with E-state index in [4.69, 9.17) is 14.3 Å². The maximum atomic E-state index is 12.9. The van der Waals surface area contributed by atoms with Crippen molar-refractivity contribution in [3.8, 4) is 0 Å². The van der Waals surface area contributed by atoms with Gasteiger partial charge in [0.2, 0.25) is 0 Å². The highest BCUT2D eigenvalue weighted by atomic mass is 32.2. The molecule has 34 heavy (non-hydrogen) atoms. The summed E-state index contributed by atoms with van der Waals surface area (Å²) < 4.78 is 33.7. The number of nitrogens with one attached hydrogen (secondary N) is 2. The van der Waals surface area contributed by atoms with Gasteiger partial charge >= 0.3 is 6.09 Å². The topological polar surface area (TPSA) is 129 Å². The predicted octanol–water partition coefficient (Wildman–Crippen LogP) is 2.75. The first-order valence-electron chi connectivity index (χ1n) is 10.9. The fourth-order valence-electron chi connectivity index (χ4n) is 3.48. The van der Waals surface area contributed by atoms with Crippen molar-refractivity contribution in [3.05, 3.63) is 41.1 Å². The van der Waals surface area contributed by atoms with Gasteiger partial charge in [-0.3, -0.25) is 8.98 Å². The monoisotopic (exact) mass is 494 g/mol. The number of aryl methyl sites for hydroxylation is 1. The van der Waals surface area contributed by atoms with Crippen molar-refractivity contribution >= 4 is 34.0 Å². The third-order valence-corrected chi connectivity index (χ3v) is 5.62. The summed E-state index contributed by atoms with van der Waals surface area (Å²) in [6, 6.07) is 6.73. The summed E-state index contributed by atoms with van der Waals surface area (Å²) in [5.41, 5.74) is 1.53. The van der Waals surface area contributed by atoms with Crippen molar-refractivity contribution < 1.29 is 26.9 Å². The smallest absolute Gasteiger partial charge is 0.410 e. The zero-order valence-corrected chi connectivity index (χ0v) is 21.4. The molecule has 1 saturated heterocycles. The van der Waals surface area contributed by atoms with Crippen LogP contribution in [0.15, 0.2) is 35.5 Å². The molecule has 2 N–H and O–H groups in total. The van der Waals surface area contributed by atoms with Crippen molar-refractivity contribution in [3.63, 3.8) is 0 Å². The summed E-state index contributed by atoms with van der Waals surface area (Å²) in [6.07, 6.45) is 1.48. The molecule has 0 bridgehead atoms. The van der Waals surface area contributed by atoms with Gasteiger partial charge in [-0.05, 0) is 52.3 Å². The lowest BCUT2D eigenvalue weighted by molar-refractivity contribution is -0.113. The fraction of sp³-hybridized carbons (Fsp3) is 0.522. The van der Waals surface area contributed by atoms with Crippen molar-refractivity contribution in [2.75, 3.05) is 37.8 Å². The van der Waals surface area contributed by atoms with E-state index in [1.807, 2.05) is 25.1 Å². The van der Waals surface area contributed by atoms with Crippen LogP contribution >= 0.6 is 0 Å². The molecule has 1 unspecified atom stereocenters. The average Bonchev–Trinajstić information content (AvgIpc) is 2.71. The van der Waals surface area contributed by atoms with Crippen molar-refractivity contribution in [2.45, 2.75) is 46.3 Å². The molecule has 1 aromatic rings. The van der Waals surface area contributed by atoms with Gasteiger partial charge in [-0.25, -0.2) is 4.79 Å². The minimum atomic E-state index is -3.74. The molecule has 11 heteroatoms. The summed E-state index contributed by atoms with van der Waals surface area (Å²) in [4.78, 5) is 28.7. The predicted molar refractivity (Wildman–Crippen MR) is 130 cm³/mol. The van der Waals surface area contributed by atoms with Gasteiger partial charge in [-0.2, -0.15) is 8.42 Å². The lowest BCUT2D eigenvalue weighted by Crippen LogP contribution is -2.57. The SMILES string of the molecule is C/C(C(=O)Nc1cccc(C)c1)=C(/C=N)N1CCN(C(=O)OC(C)(C)C)CC1COS(C)(=O)=O. The van der Waals surface area contributed by atoms with E-state index in [1.54, 1.807) is 38.7 Å². The number of benzene rings is 1. The highest BCUT2D eigenvalue weighted by molar-refractivity contribution is 7.85. The first-order valence-corrected chi connectivity index (χ1v) is 12.7. The van der Waals surface area contributed by atoms with E-state index in [0.717, 1.165) is 18.0 Å². The highest BCUT2D eigenvalue weighted by Gasteiger charge is 2.34. The van der Waals surface area contributed by atoms with Gasteiger partial charge in [0.25, 0.3) is 16.0 Å². The molecule has 1 aromatic carbocycles. The highest BCUT2D eigenvalue weighted by Crippen LogP contribution is 2.22. The van der Waals surface area contributed by atoms with Crippen LogP contribution in [-0.4, -0.2) is 80.6 Å². The van der Waals surface area contributed by atoms with Gasteiger partial charge in [0.05, 0.1) is 24.6 Å². The van der Waals surface area contributed by atoms with Crippen LogP contribution in [0.1, 0.15) is 33.3 Å². The number of carbonyl (C=O) groups excluding carboxylic acids is 2. The van der Waals surface area contributed by atoms with Crippen LogP contribution in [-0.2, 0) is 23.8 Å². The third-order valence-electron chi connectivity index (χ3n) is 5.06. The van der Waals surface area contributed by atoms with Crippen LogP contribution in [0.3, 0.4) is 0 Å². The van der Waals surface area contributed by atoms with Crippen LogP contribution in [0, 0.1) is 12.3 Å². The number of carbonyl (C=O) groups is 2. The zero-order valence-electron chi connectivity index (χ0n) is 20.5. The Hall–Kier alpha value is -2.92. The van der Waals surface area contributed by atoms with Gasteiger partial charge < -0.3 is 25.3 Å². The first kappa shape index (κ1) is 27.3. The quantitative estimate of drug-likeness (QED) is 0.339. The number of hydrogen-bond donors (Lipinski definition) is 2. The van der Waals surface area contributed by atoms with Gasteiger partial charge in [-0.1, -0.05) is 12.1 Å². The Labute approximate surface area is 201 Å². The second kappa shape index (κ2) is 11.0. The van der Waals surface area contributed by atoms with Crippen molar-refractivity contribution in [1.29, 1.82) is 5.41 Å². The second-order valence-corrected chi connectivity index (χ2v) is 10.9. The number of nitrogens with zero attached hydrogens (tertiary/aromatic N) is 2. The number of anilines is 1. The Morgan fingerprint density at radius 3 is 2.50 bits per heavy atom. The Morgan fingerprint density at radius 2 is 1.94 bits per heavy atom. The molecule has 0 saturated carbocycles. The number of hydrogen-bond acceptors (Lipinski definition) is 8. The Kier molecular flexibility index (Phi) is 8.84. The largest absolute Gasteiger partial charge is 0.444 e. The van der Waals surface area contributed by atoms with E-state index in [1.165, 1.54) is 4.90 Å². The minimum Gasteiger partial charge on any atom is -0.444 e. The van der Waals surface area contributed by atoms with Gasteiger partial charge in [0, 0.05) is 37.1 Å². The average molecular weight is 495 g/mol. The zero-order chi connectivity index (χ0) is 25.7. The normalized spacial score (nSPS) is 17.6. The number of amides is 2. The van der Waals surface area contributed by atoms with E-state index in [-0.39, 0.29) is 37.7 Å². The molecule has 1 heterocycles. The number of ether oxygens (including phenoxy) is 1. The molecule has 1 aliphatic heterocycles. The summed E-state index contributed by atoms with van der Waals surface area (Å²) >= 11 is 0. The number of piperazine rings is 1. The fourth-order valence-corrected chi connectivity index (χ4v) is 3.88. The summed E-state index contributed by atoms with van der Waals surface area (Å²) in [5, 5.41) is 10.8. The molecule has 0 aromatic heterocycles. The molecule has 0 aliphatic carbocycles. The van der Waals surface area contributed by atoms with E-state index < -0.39 is 27.9 Å². The van der Waals surface area contributed by atoms with E-state index in [0.29, 0.717) is 11.4 Å². The van der Waals surface area contributed by atoms with Gasteiger partial charge in [0.15, 0.2) is 0 Å². The lowest BCUT2D eigenvalue weighted by Gasteiger charge is -2.43. The summed E-state index contributed by atoms with van der Waals surface area (Å²) in [5.74, 6) is -0.388. The Morgan fingerprint density at radius 1 is 1.26 bits per heavy atom. The molecule has 0 radical (unpaired) electrons. The summed E-state index contributed by atoms with van der Waals surface area (Å²) in [7, 11) is -3.74. The molecule has 1 aliphatic rings. The molecule has 0 spiro atoms. The summed E-state index contributed by atoms with van der Waals surface area (Å²) in [6.45, 7) is 9.19. The van der Waals surface area contributed by atoms with Crippen LogP contribution in [0.4, 0.5) is 10.5 Å². The maximum absolute atomic E-state index is 12.9. The molecule has 2 rings (SSSR count). The molecule has 1 atom stereocenters. The van der Waals surface area contributed by atoms with Crippen LogP contribution in [0.25, 0.3) is 0 Å². The van der Waals surface area contributed by atoms with Crippen LogP contribution in [0.5, 0.6) is 0 Å². The first-order chi connectivity index (χ1) is 15.7. The minimum absolute atomic E-state index is 0.106. The van der Waals surface area contributed by atoms with Crippen molar-refractivity contribution in [2.24, 2.45) is 0 Å². The molecule has 2 amide bonds. The standard InChI is InChI=1S/C23H34N4O6S/c1-16-8-7-9-18(12-16)25-21(28)17(2)20(13-24)27-11-10-26(22(29)33-23(3,4)5)14-19(27)15-32-34(6,30)31/h7-9,12-13,19,24H,10-11,14-15H2,1-6H3,(H,25,28)/b20-17+,24-13?. The second-order valence-electron chi connectivity index (χ2n) is 9.24. The molecular weight excluding hydrogens is 460 g/mol. The Balaban J connectivity index is 2.30.